The van der Waals surface area contributed by atoms with Gasteiger partial charge in [0.1, 0.15) is 31.8 Å². The minimum atomic E-state index is -1.22. The van der Waals surface area contributed by atoms with E-state index in [1.54, 1.807) is 30.3 Å². The summed E-state index contributed by atoms with van der Waals surface area (Å²) in [6.45, 7) is 0.483. The highest BCUT2D eigenvalue weighted by Crippen LogP contribution is 2.44. The number of alkyl carbamates (subject to hydrolysis) is 1. The van der Waals surface area contributed by atoms with Gasteiger partial charge in [0.25, 0.3) is 0 Å². The van der Waals surface area contributed by atoms with Crippen molar-refractivity contribution >= 4 is 29.8 Å². The van der Waals surface area contributed by atoms with E-state index in [1.165, 1.54) is 6.92 Å². The first-order valence-electron chi connectivity index (χ1n) is 13.4. The summed E-state index contributed by atoms with van der Waals surface area (Å²) in [5.74, 6) is -3.32. The monoisotopic (exact) mass is 572 g/mol. The van der Waals surface area contributed by atoms with Crippen LogP contribution in [-0.4, -0.2) is 66.7 Å². The average Bonchev–Trinajstić information content (AvgIpc) is 3.31. The van der Waals surface area contributed by atoms with Crippen LogP contribution in [0.25, 0.3) is 11.1 Å². The van der Waals surface area contributed by atoms with Crippen LogP contribution >= 0.6 is 0 Å². The van der Waals surface area contributed by atoms with Crippen molar-refractivity contribution in [2.45, 2.75) is 31.3 Å². The van der Waals surface area contributed by atoms with E-state index >= 15 is 0 Å². The first-order valence-corrected chi connectivity index (χ1v) is 13.4. The smallest absolute Gasteiger partial charge is 0.407 e. The van der Waals surface area contributed by atoms with Crippen molar-refractivity contribution in [1.29, 1.82) is 0 Å². The number of aliphatic carboxylic acids is 1. The molecule has 0 heterocycles. The fourth-order valence-electron chi connectivity index (χ4n) is 4.80. The summed E-state index contributed by atoms with van der Waals surface area (Å²) >= 11 is 0. The summed E-state index contributed by atoms with van der Waals surface area (Å²) in [5, 5.41) is 18.6. The van der Waals surface area contributed by atoms with E-state index in [4.69, 9.17) is 9.84 Å². The lowest BCUT2D eigenvalue weighted by molar-refractivity contribution is -0.138. The fourth-order valence-corrected chi connectivity index (χ4v) is 4.80. The van der Waals surface area contributed by atoms with Gasteiger partial charge in [0.05, 0.1) is 0 Å². The lowest BCUT2D eigenvalue weighted by atomic mass is 9.98. The van der Waals surface area contributed by atoms with Gasteiger partial charge in [-0.2, -0.15) is 0 Å². The lowest BCUT2D eigenvalue weighted by Gasteiger charge is -2.21. The van der Waals surface area contributed by atoms with Crippen LogP contribution < -0.4 is 21.3 Å². The molecular formula is C31H32N4O7. The largest absolute Gasteiger partial charge is 0.480 e. The number of amides is 4. The third-order valence-corrected chi connectivity index (χ3v) is 6.84. The molecule has 11 nitrogen and oxygen atoms in total. The predicted molar refractivity (Wildman–Crippen MR) is 153 cm³/mol. The zero-order valence-electron chi connectivity index (χ0n) is 23.0. The molecule has 4 amide bonds. The number of rotatable bonds is 12. The van der Waals surface area contributed by atoms with E-state index in [9.17, 15) is 24.0 Å². The molecule has 0 saturated heterocycles. The van der Waals surface area contributed by atoms with E-state index in [1.807, 2.05) is 48.5 Å². The lowest BCUT2D eigenvalue weighted by Crippen LogP contribution is -2.54. The Morgan fingerprint density at radius 1 is 0.762 bits per heavy atom. The Balaban J connectivity index is 1.25. The van der Waals surface area contributed by atoms with Crippen LogP contribution in [0.5, 0.6) is 0 Å². The standard InChI is InChI=1S/C31H32N4O7/c1-19(29(39)35-26(30(40)32-17-28(37)38)15-20-9-3-2-4-10-20)34-27(36)16-33-31(41)42-18-25-23-13-7-5-11-21(23)22-12-6-8-14-24(22)25/h2-14,19,25-26H,15-18H2,1H3,(H,32,40)(H,33,41)(H,34,36)(H,35,39)(H,37,38)/t19-,26-/m0/s1. The van der Waals surface area contributed by atoms with Crippen LogP contribution in [0, 0.1) is 0 Å². The van der Waals surface area contributed by atoms with Crippen molar-refractivity contribution in [2.24, 2.45) is 0 Å². The van der Waals surface area contributed by atoms with E-state index in [0.29, 0.717) is 0 Å². The number of carboxylic acids is 1. The number of hydrogen-bond acceptors (Lipinski definition) is 6. The van der Waals surface area contributed by atoms with Crippen molar-refractivity contribution in [3.05, 3.63) is 95.6 Å². The Bertz CT molecular complexity index is 1410. The third kappa shape index (κ3) is 7.72. The molecule has 11 heteroatoms. The van der Waals surface area contributed by atoms with Crippen molar-refractivity contribution in [3.8, 4) is 11.1 Å². The summed E-state index contributed by atoms with van der Waals surface area (Å²) in [5.41, 5.74) is 5.06. The normalized spacial score (nSPS) is 13.1. The van der Waals surface area contributed by atoms with Gasteiger partial charge in [-0.1, -0.05) is 78.9 Å². The fraction of sp³-hybridized carbons (Fsp3) is 0.258. The number of nitrogens with one attached hydrogen (secondary N) is 4. The van der Waals surface area contributed by atoms with Crippen LogP contribution in [0.2, 0.25) is 0 Å². The Morgan fingerprint density at radius 3 is 1.98 bits per heavy atom. The topological polar surface area (TPSA) is 163 Å². The first-order chi connectivity index (χ1) is 20.2. The van der Waals surface area contributed by atoms with Gasteiger partial charge in [-0.15, -0.1) is 0 Å². The van der Waals surface area contributed by atoms with Crippen LogP contribution in [0.1, 0.15) is 29.5 Å². The molecule has 0 bridgehead atoms. The van der Waals surface area contributed by atoms with Gasteiger partial charge in [-0.3, -0.25) is 19.2 Å². The molecule has 2 atom stereocenters. The maximum Gasteiger partial charge on any atom is 0.407 e. The van der Waals surface area contributed by atoms with Gasteiger partial charge >= 0.3 is 12.1 Å². The van der Waals surface area contributed by atoms with Gasteiger partial charge in [0, 0.05) is 12.3 Å². The number of ether oxygens (including phenoxy) is 1. The molecule has 5 N–H and O–H groups in total. The van der Waals surface area contributed by atoms with Crippen molar-refractivity contribution in [2.75, 3.05) is 19.7 Å². The van der Waals surface area contributed by atoms with Gasteiger partial charge in [-0.25, -0.2) is 4.79 Å². The van der Waals surface area contributed by atoms with Crippen LogP contribution in [0.4, 0.5) is 4.79 Å². The summed E-state index contributed by atoms with van der Waals surface area (Å²) < 4.78 is 5.42. The molecule has 42 heavy (non-hydrogen) atoms. The number of carbonyl (C=O) groups excluding carboxylic acids is 4. The molecule has 0 fully saturated rings. The quantitative estimate of drug-likeness (QED) is 0.222. The SMILES string of the molecule is C[C@H](NC(=O)CNC(=O)OCC1c2ccccc2-c2ccccc21)C(=O)N[C@@H](Cc1ccccc1)C(=O)NCC(=O)O. The summed E-state index contributed by atoms with van der Waals surface area (Å²) in [7, 11) is 0. The predicted octanol–water partition coefficient (Wildman–Crippen LogP) is 1.96. The molecule has 218 valence electrons. The number of benzene rings is 3. The minimum absolute atomic E-state index is 0.0903. The molecule has 1 aliphatic rings. The zero-order chi connectivity index (χ0) is 30.1. The number of carboxylic acid groups (broad SMARTS) is 1. The summed E-state index contributed by atoms with van der Waals surface area (Å²) in [4.78, 5) is 61.0. The minimum Gasteiger partial charge on any atom is -0.480 e. The first kappa shape index (κ1) is 29.8. The third-order valence-electron chi connectivity index (χ3n) is 6.84. The molecule has 0 spiro atoms. The molecule has 0 aromatic heterocycles. The van der Waals surface area contributed by atoms with Crippen LogP contribution in [0.15, 0.2) is 78.9 Å². The number of hydrogen-bond donors (Lipinski definition) is 5. The van der Waals surface area contributed by atoms with Gasteiger partial charge < -0.3 is 31.1 Å². The van der Waals surface area contributed by atoms with Crippen molar-refractivity contribution in [3.63, 3.8) is 0 Å². The number of fused-ring (bicyclic) bond motifs is 3. The second-order valence-corrected chi connectivity index (χ2v) is 9.83. The second kappa shape index (κ2) is 13.9. The van der Waals surface area contributed by atoms with Crippen molar-refractivity contribution < 1.29 is 33.8 Å². The van der Waals surface area contributed by atoms with Gasteiger partial charge in [0.15, 0.2) is 0 Å². The highest BCUT2D eigenvalue weighted by Gasteiger charge is 2.29. The molecule has 0 saturated carbocycles. The molecular weight excluding hydrogens is 540 g/mol. The molecule has 0 aliphatic heterocycles. The van der Waals surface area contributed by atoms with Crippen LogP contribution in [-0.2, 0) is 30.3 Å². The summed E-state index contributed by atoms with van der Waals surface area (Å²) in [6.07, 6.45) is -0.663. The van der Waals surface area contributed by atoms with E-state index in [2.05, 4.69) is 21.3 Å². The maximum atomic E-state index is 12.8. The second-order valence-electron chi connectivity index (χ2n) is 9.83. The number of carbonyl (C=O) groups is 5. The van der Waals surface area contributed by atoms with E-state index < -0.39 is 55.0 Å². The molecule has 0 radical (unpaired) electrons. The van der Waals surface area contributed by atoms with E-state index in [-0.39, 0.29) is 18.9 Å². The Hall–Kier alpha value is -5.19. The van der Waals surface area contributed by atoms with E-state index in [0.717, 1.165) is 27.8 Å². The van der Waals surface area contributed by atoms with Crippen molar-refractivity contribution in [1.82, 2.24) is 21.3 Å². The maximum absolute atomic E-state index is 12.8. The van der Waals surface area contributed by atoms with Gasteiger partial charge in [0.2, 0.25) is 17.7 Å². The average molecular weight is 573 g/mol. The zero-order valence-corrected chi connectivity index (χ0v) is 23.0. The van der Waals surface area contributed by atoms with Crippen LogP contribution in [0.3, 0.4) is 0 Å². The molecule has 3 aromatic rings. The Kier molecular flexibility index (Phi) is 9.88. The Labute approximate surface area is 242 Å². The molecule has 0 unspecified atom stereocenters. The highest BCUT2D eigenvalue weighted by molar-refractivity contribution is 5.93. The summed E-state index contributed by atoms with van der Waals surface area (Å²) in [6, 6.07) is 22.6. The Morgan fingerprint density at radius 2 is 1.36 bits per heavy atom. The molecule has 4 rings (SSSR count). The molecule has 1 aliphatic carbocycles. The molecule has 3 aromatic carbocycles. The highest BCUT2D eigenvalue weighted by atomic mass is 16.5. The van der Waals surface area contributed by atoms with Gasteiger partial charge in [-0.05, 0) is 34.7 Å².